The van der Waals surface area contributed by atoms with E-state index in [4.69, 9.17) is 11.6 Å². The average Bonchev–Trinajstić information content (AvgIpc) is 2.77. The molecule has 1 aliphatic rings. The molecule has 1 aliphatic heterocycles. The van der Waals surface area contributed by atoms with E-state index in [1.165, 1.54) is 11.8 Å². The Labute approximate surface area is 118 Å². The zero-order chi connectivity index (χ0) is 13.0. The van der Waals surface area contributed by atoms with E-state index < -0.39 is 0 Å². The first-order valence-corrected chi connectivity index (χ1v) is 7.65. The molecule has 7 heteroatoms. The molecular weight excluding hydrogens is 290 g/mol. The standard InChI is InChI=1S/C11H10ClN3OS2/c1-17-9-4-2-3-8(12)7(9)5-13-15-11-14-10(16)6-18-11/h2-5H,6H2,1H3,(H,14,15,16). The quantitative estimate of drug-likeness (QED) is 0.530. The Kier molecular flexibility index (Phi) is 4.68. The molecule has 94 valence electrons. The van der Waals surface area contributed by atoms with Gasteiger partial charge in [0.05, 0.1) is 17.0 Å². The predicted octanol–water partition coefficient (Wildman–Crippen LogP) is 2.61. The minimum atomic E-state index is -0.0449. The molecule has 2 rings (SSSR count). The Balaban J connectivity index is 2.16. The maximum atomic E-state index is 11.0. The van der Waals surface area contributed by atoms with Crippen LogP contribution in [0.5, 0.6) is 0 Å². The van der Waals surface area contributed by atoms with E-state index in [-0.39, 0.29) is 5.91 Å². The highest BCUT2D eigenvalue weighted by molar-refractivity contribution is 8.15. The number of amidine groups is 1. The number of carbonyl (C=O) groups excluding carboxylic acids is 1. The van der Waals surface area contributed by atoms with Crippen LogP contribution in [0.25, 0.3) is 0 Å². The van der Waals surface area contributed by atoms with Gasteiger partial charge in [0.25, 0.3) is 0 Å². The van der Waals surface area contributed by atoms with E-state index in [0.29, 0.717) is 15.9 Å². The van der Waals surface area contributed by atoms with Gasteiger partial charge in [-0.3, -0.25) is 4.79 Å². The van der Waals surface area contributed by atoms with Crippen molar-refractivity contribution in [2.24, 2.45) is 10.2 Å². The fraction of sp³-hybridized carbons (Fsp3) is 0.182. The molecule has 0 spiro atoms. The largest absolute Gasteiger partial charge is 0.303 e. The average molecular weight is 300 g/mol. The van der Waals surface area contributed by atoms with Gasteiger partial charge in [-0.1, -0.05) is 29.4 Å². The van der Waals surface area contributed by atoms with Crippen LogP contribution >= 0.6 is 35.1 Å². The molecule has 1 fully saturated rings. The van der Waals surface area contributed by atoms with Gasteiger partial charge in [0, 0.05) is 10.5 Å². The molecule has 0 radical (unpaired) electrons. The summed E-state index contributed by atoms with van der Waals surface area (Å²) in [5, 5.41) is 11.7. The minimum absolute atomic E-state index is 0.0449. The third-order valence-electron chi connectivity index (χ3n) is 2.15. The second-order valence-electron chi connectivity index (χ2n) is 3.34. The number of rotatable bonds is 3. The van der Waals surface area contributed by atoms with Gasteiger partial charge in [-0.25, -0.2) is 0 Å². The van der Waals surface area contributed by atoms with Crippen LogP contribution in [0.15, 0.2) is 33.3 Å². The molecule has 0 bridgehead atoms. The van der Waals surface area contributed by atoms with Crippen molar-refractivity contribution >= 4 is 52.4 Å². The van der Waals surface area contributed by atoms with Crippen LogP contribution in [0, 0.1) is 0 Å². The number of nitrogens with zero attached hydrogens (tertiary/aromatic N) is 2. The monoisotopic (exact) mass is 299 g/mol. The Morgan fingerprint density at radius 1 is 1.56 bits per heavy atom. The number of halogens is 1. The van der Waals surface area contributed by atoms with Crippen molar-refractivity contribution < 1.29 is 4.79 Å². The van der Waals surface area contributed by atoms with Gasteiger partial charge in [-0.05, 0) is 18.4 Å². The summed E-state index contributed by atoms with van der Waals surface area (Å²) >= 11 is 9.03. The van der Waals surface area contributed by atoms with Crippen LogP contribution in [0.1, 0.15) is 5.56 Å². The third-order valence-corrected chi connectivity index (χ3v) is 4.14. The summed E-state index contributed by atoms with van der Waals surface area (Å²) < 4.78 is 0. The maximum absolute atomic E-state index is 11.0. The van der Waals surface area contributed by atoms with Crippen LogP contribution < -0.4 is 5.32 Å². The van der Waals surface area contributed by atoms with Crippen molar-refractivity contribution in [1.82, 2.24) is 5.32 Å². The lowest BCUT2D eigenvalue weighted by atomic mass is 10.2. The molecule has 1 amide bonds. The lowest BCUT2D eigenvalue weighted by Gasteiger charge is -2.03. The Morgan fingerprint density at radius 3 is 3.06 bits per heavy atom. The van der Waals surface area contributed by atoms with Crippen LogP contribution in [0.4, 0.5) is 0 Å². The van der Waals surface area contributed by atoms with Crippen molar-refractivity contribution in [3.63, 3.8) is 0 Å². The number of hydrogen-bond acceptors (Lipinski definition) is 5. The maximum Gasteiger partial charge on any atom is 0.236 e. The zero-order valence-electron chi connectivity index (χ0n) is 9.51. The number of carbonyl (C=O) groups is 1. The molecule has 0 unspecified atom stereocenters. The lowest BCUT2D eigenvalue weighted by molar-refractivity contribution is -0.116. The summed E-state index contributed by atoms with van der Waals surface area (Å²) in [6.07, 6.45) is 3.58. The number of thioether (sulfide) groups is 2. The fourth-order valence-electron chi connectivity index (χ4n) is 1.34. The molecule has 0 atom stereocenters. The molecule has 1 aromatic carbocycles. The van der Waals surface area contributed by atoms with Crippen molar-refractivity contribution in [3.8, 4) is 0 Å². The van der Waals surface area contributed by atoms with E-state index >= 15 is 0 Å². The molecule has 1 heterocycles. The number of hydrogen-bond donors (Lipinski definition) is 1. The molecule has 4 nitrogen and oxygen atoms in total. The Hall–Kier alpha value is -0.980. The SMILES string of the molecule is CSc1cccc(Cl)c1C=NN=C1NC(=O)CS1. The second-order valence-corrected chi connectivity index (χ2v) is 5.56. The van der Waals surface area contributed by atoms with E-state index in [1.54, 1.807) is 18.0 Å². The van der Waals surface area contributed by atoms with Crippen molar-refractivity contribution in [3.05, 3.63) is 28.8 Å². The third kappa shape index (κ3) is 3.28. The summed E-state index contributed by atoms with van der Waals surface area (Å²) in [5.41, 5.74) is 0.838. The predicted molar refractivity (Wildman–Crippen MR) is 78.9 cm³/mol. The van der Waals surface area contributed by atoms with Gasteiger partial charge in [-0.15, -0.1) is 16.9 Å². The number of nitrogens with one attached hydrogen (secondary N) is 1. The van der Waals surface area contributed by atoms with Gasteiger partial charge < -0.3 is 5.32 Å². The van der Waals surface area contributed by atoms with Gasteiger partial charge in [-0.2, -0.15) is 5.10 Å². The van der Waals surface area contributed by atoms with Gasteiger partial charge in [0.15, 0.2) is 5.17 Å². The summed E-state index contributed by atoms with van der Waals surface area (Å²) in [6.45, 7) is 0. The topological polar surface area (TPSA) is 53.8 Å². The molecule has 0 aromatic heterocycles. The summed E-state index contributed by atoms with van der Waals surface area (Å²) in [4.78, 5) is 12.0. The molecule has 1 aromatic rings. The Bertz CT molecular complexity index is 531. The molecule has 1 N–H and O–H groups in total. The molecule has 0 aliphatic carbocycles. The molecule has 0 saturated carbocycles. The van der Waals surface area contributed by atoms with Crippen LogP contribution in [0.3, 0.4) is 0 Å². The highest BCUT2D eigenvalue weighted by Crippen LogP contribution is 2.25. The lowest BCUT2D eigenvalue weighted by Crippen LogP contribution is -2.19. The van der Waals surface area contributed by atoms with Crippen LogP contribution in [-0.2, 0) is 4.79 Å². The van der Waals surface area contributed by atoms with E-state index in [9.17, 15) is 4.79 Å². The fourth-order valence-corrected chi connectivity index (χ4v) is 2.85. The van der Waals surface area contributed by atoms with Gasteiger partial charge in [0.1, 0.15) is 0 Å². The second kappa shape index (κ2) is 6.26. The van der Waals surface area contributed by atoms with E-state index in [0.717, 1.165) is 10.5 Å². The first kappa shape index (κ1) is 13.5. The van der Waals surface area contributed by atoms with Gasteiger partial charge >= 0.3 is 0 Å². The smallest absolute Gasteiger partial charge is 0.236 e. The molecule has 1 saturated heterocycles. The zero-order valence-corrected chi connectivity index (χ0v) is 11.9. The Morgan fingerprint density at radius 2 is 2.39 bits per heavy atom. The van der Waals surface area contributed by atoms with Crippen molar-refractivity contribution in [2.45, 2.75) is 4.90 Å². The van der Waals surface area contributed by atoms with Crippen molar-refractivity contribution in [1.29, 1.82) is 0 Å². The number of benzene rings is 1. The summed E-state index contributed by atoms with van der Waals surface area (Å²) in [5.74, 6) is 0.354. The summed E-state index contributed by atoms with van der Waals surface area (Å²) in [6, 6.07) is 5.67. The van der Waals surface area contributed by atoms with E-state index in [2.05, 4.69) is 15.5 Å². The molecule has 18 heavy (non-hydrogen) atoms. The minimum Gasteiger partial charge on any atom is -0.303 e. The normalized spacial score (nSPS) is 17.7. The van der Waals surface area contributed by atoms with Crippen LogP contribution in [0.2, 0.25) is 5.02 Å². The highest BCUT2D eigenvalue weighted by Gasteiger charge is 2.15. The summed E-state index contributed by atoms with van der Waals surface area (Å²) in [7, 11) is 0. The van der Waals surface area contributed by atoms with Crippen molar-refractivity contribution in [2.75, 3.05) is 12.0 Å². The van der Waals surface area contributed by atoms with Gasteiger partial charge in [0.2, 0.25) is 5.91 Å². The first-order chi connectivity index (χ1) is 8.70. The number of amides is 1. The molecular formula is C11H10ClN3OS2. The first-order valence-electron chi connectivity index (χ1n) is 5.07. The van der Waals surface area contributed by atoms with Crippen LogP contribution in [-0.4, -0.2) is 29.3 Å². The highest BCUT2D eigenvalue weighted by atomic mass is 35.5. The van der Waals surface area contributed by atoms with E-state index in [1.807, 2.05) is 24.5 Å².